The van der Waals surface area contributed by atoms with Gasteiger partial charge < -0.3 is 0 Å². The van der Waals surface area contributed by atoms with Crippen LogP contribution in [0, 0.1) is 0 Å². The summed E-state index contributed by atoms with van der Waals surface area (Å²) in [5.74, 6) is 0. The molecule has 0 bridgehead atoms. The second-order valence-corrected chi connectivity index (χ2v) is 12.6. The summed E-state index contributed by atoms with van der Waals surface area (Å²) in [6.45, 7) is 4.91. The van der Waals surface area contributed by atoms with E-state index in [1.807, 2.05) is 36.9 Å². The highest BCUT2D eigenvalue weighted by Crippen LogP contribution is 2.55. The Hall–Kier alpha value is -3.56. The zero-order valence-corrected chi connectivity index (χ0v) is 18.8. The van der Waals surface area contributed by atoms with Crippen LogP contribution in [0.15, 0.2) is 110 Å². The van der Waals surface area contributed by atoms with Gasteiger partial charge >= 0.3 is 0 Å². The van der Waals surface area contributed by atoms with Gasteiger partial charge in [0.25, 0.3) is 0 Å². The van der Waals surface area contributed by atoms with Crippen LogP contribution in [-0.2, 0) is 0 Å². The number of hydrogen-bond acceptors (Lipinski definition) is 2. The van der Waals surface area contributed by atoms with Crippen LogP contribution in [0.5, 0.6) is 0 Å². The van der Waals surface area contributed by atoms with Crippen molar-refractivity contribution >= 4 is 29.6 Å². The first-order chi connectivity index (χ1) is 15.2. The fourth-order valence-corrected chi connectivity index (χ4v) is 8.60. The largest absolute Gasteiger partial charge is 0.264 e. The lowest BCUT2D eigenvalue weighted by molar-refractivity contribution is 1.31. The van der Waals surface area contributed by atoms with Crippen LogP contribution in [0.1, 0.15) is 22.3 Å². The van der Waals surface area contributed by atoms with E-state index < -0.39 is 8.07 Å². The third-order valence-electron chi connectivity index (χ3n) is 6.03. The third kappa shape index (κ3) is 3.37. The van der Waals surface area contributed by atoms with Crippen molar-refractivity contribution < 1.29 is 0 Å². The molecule has 0 radical (unpaired) electrons. The topological polar surface area (TPSA) is 25.8 Å². The molecule has 0 fully saturated rings. The van der Waals surface area contributed by atoms with Crippen molar-refractivity contribution in [3.05, 3.63) is 132 Å². The molecule has 2 nitrogen and oxygen atoms in total. The Labute approximate surface area is 184 Å². The second kappa shape index (κ2) is 7.93. The van der Waals surface area contributed by atoms with Gasteiger partial charge in [-0.05, 0) is 55.9 Å². The van der Waals surface area contributed by atoms with E-state index in [9.17, 15) is 0 Å². The van der Waals surface area contributed by atoms with Gasteiger partial charge in [-0.2, -0.15) is 0 Å². The van der Waals surface area contributed by atoms with Crippen molar-refractivity contribution in [3.8, 4) is 0 Å². The number of pyridine rings is 2. The highest BCUT2D eigenvalue weighted by molar-refractivity contribution is 7.13. The van der Waals surface area contributed by atoms with E-state index in [4.69, 9.17) is 0 Å². The highest BCUT2D eigenvalue weighted by Gasteiger charge is 2.43. The summed E-state index contributed by atoms with van der Waals surface area (Å²) in [6.07, 6.45) is 7.73. The number of aromatic nitrogens is 2. The van der Waals surface area contributed by atoms with E-state index >= 15 is 0 Å². The standard InChI is InChI=1S/C28H24N2Si/c1-31(2)27(23-15-9-17-29-19-23)25(21-11-5-3-6-12-21)26(22-13-7-4-8-14-22)28(31)24-16-10-18-30-20-24/h3-20H,1-2H3. The summed E-state index contributed by atoms with van der Waals surface area (Å²) in [7, 11) is -2.09. The number of rotatable bonds is 4. The predicted octanol–water partition coefficient (Wildman–Crippen LogP) is 6.80. The van der Waals surface area contributed by atoms with Gasteiger partial charge in [-0.25, -0.2) is 0 Å². The van der Waals surface area contributed by atoms with Crippen molar-refractivity contribution in [1.82, 2.24) is 9.97 Å². The molecule has 0 aliphatic carbocycles. The first kappa shape index (κ1) is 19.4. The van der Waals surface area contributed by atoms with E-state index in [0.717, 1.165) is 0 Å². The van der Waals surface area contributed by atoms with Crippen molar-refractivity contribution in [2.45, 2.75) is 13.1 Å². The molecule has 1 aliphatic rings. The van der Waals surface area contributed by atoms with E-state index in [1.165, 1.54) is 43.8 Å². The molecule has 31 heavy (non-hydrogen) atoms. The highest BCUT2D eigenvalue weighted by atomic mass is 28.3. The summed E-state index contributed by atoms with van der Waals surface area (Å²) in [6, 6.07) is 30.1. The molecule has 4 aromatic rings. The monoisotopic (exact) mass is 416 g/mol. The number of allylic oxidation sites excluding steroid dienone is 2. The SMILES string of the molecule is C[Si]1(C)C(c2cccnc2)=C(c2ccccc2)C(c2ccccc2)=C1c1cccnc1. The van der Waals surface area contributed by atoms with Gasteiger partial charge in [0.1, 0.15) is 8.07 Å². The Bertz CT molecular complexity index is 1160. The van der Waals surface area contributed by atoms with Crippen LogP contribution >= 0.6 is 0 Å². The van der Waals surface area contributed by atoms with Crippen molar-refractivity contribution in [3.63, 3.8) is 0 Å². The lowest BCUT2D eigenvalue weighted by Gasteiger charge is -2.26. The van der Waals surface area contributed by atoms with E-state index in [2.05, 4.69) is 95.9 Å². The van der Waals surface area contributed by atoms with Crippen molar-refractivity contribution in [2.75, 3.05) is 0 Å². The summed E-state index contributed by atoms with van der Waals surface area (Å²) in [4.78, 5) is 8.95. The summed E-state index contributed by atoms with van der Waals surface area (Å²) in [5.41, 5.74) is 7.58. The average molecular weight is 417 g/mol. The molecule has 0 saturated carbocycles. The Kier molecular flexibility index (Phi) is 4.97. The number of benzene rings is 2. The maximum absolute atomic E-state index is 4.48. The molecule has 0 N–H and O–H groups in total. The minimum Gasteiger partial charge on any atom is -0.264 e. The summed E-state index contributed by atoms with van der Waals surface area (Å²) in [5, 5.41) is 2.87. The molecule has 3 heteroatoms. The molecule has 5 rings (SSSR count). The zero-order chi connectivity index (χ0) is 21.3. The van der Waals surface area contributed by atoms with Gasteiger partial charge in [-0.3, -0.25) is 9.97 Å². The van der Waals surface area contributed by atoms with E-state index in [1.54, 1.807) is 0 Å². The van der Waals surface area contributed by atoms with Crippen LogP contribution in [0.2, 0.25) is 13.1 Å². The molecular formula is C28H24N2Si. The van der Waals surface area contributed by atoms with Gasteiger partial charge in [0, 0.05) is 24.8 Å². The fraction of sp³-hybridized carbons (Fsp3) is 0.0714. The lowest BCUT2D eigenvalue weighted by atomic mass is 9.89. The molecule has 3 heterocycles. The van der Waals surface area contributed by atoms with Crippen molar-refractivity contribution in [1.29, 1.82) is 0 Å². The molecule has 150 valence electrons. The smallest absolute Gasteiger partial charge is 0.115 e. The number of hydrogen-bond donors (Lipinski definition) is 0. The average Bonchev–Trinajstić information content (AvgIpc) is 3.08. The van der Waals surface area contributed by atoms with Crippen LogP contribution in [0.3, 0.4) is 0 Å². The molecule has 0 saturated heterocycles. The van der Waals surface area contributed by atoms with Gasteiger partial charge in [0.2, 0.25) is 0 Å². The van der Waals surface area contributed by atoms with Gasteiger partial charge in [-0.15, -0.1) is 0 Å². The zero-order valence-electron chi connectivity index (χ0n) is 17.8. The summed E-state index contributed by atoms with van der Waals surface area (Å²) < 4.78 is 0. The second-order valence-electron chi connectivity index (χ2n) is 8.34. The molecule has 0 spiro atoms. The Morgan fingerprint density at radius 3 is 1.23 bits per heavy atom. The minimum atomic E-state index is -2.09. The maximum atomic E-state index is 4.48. The molecule has 2 aromatic heterocycles. The van der Waals surface area contributed by atoms with E-state index in [0.29, 0.717) is 0 Å². The van der Waals surface area contributed by atoms with Gasteiger partial charge in [-0.1, -0.05) is 85.9 Å². The molecular weight excluding hydrogens is 392 g/mol. The summed E-state index contributed by atoms with van der Waals surface area (Å²) >= 11 is 0. The van der Waals surface area contributed by atoms with E-state index in [-0.39, 0.29) is 0 Å². The number of nitrogens with zero attached hydrogens (tertiary/aromatic N) is 2. The predicted molar refractivity (Wildman–Crippen MR) is 132 cm³/mol. The quantitative estimate of drug-likeness (QED) is 0.342. The third-order valence-corrected chi connectivity index (χ3v) is 9.60. The Morgan fingerprint density at radius 1 is 0.484 bits per heavy atom. The normalized spacial score (nSPS) is 15.4. The first-order valence-corrected chi connectivity index (χ1v) is 13.6. The molecule has 0 unspecified atom stereocenters. The van der Waals surface area contributed by atoms with Crippen LogP contribution < -0.4 is 0 Å². The maximum Gasteiger partial charge on any atom is 0.115 e. The first-order valence-electron chi connectivity index (χ1n) is 10.6. The van der Waals surface area contributed by atoms with Crippen LogP contribution in [-0.4, -0.2) is 18.0 Å². The fourth-order valence-electron chi connectivity index (χ4n) is 4.82. The van der Waals surface area contributed by atoms with Crippen molar-refractivity contribution in [2.24, 2.45) is 0 Å². The molecule has 0 amide bonds. The Balaban J connectivity index is 1.92. The van der Waals surface area contributed by atoms with Gasteiger partial charge in [0.05, 0.1) is 0 Å². The Morgan fingerprint density at radius 2 is 0.871 bits per heavy atom. The van der Waals surface area contributed by atoms with Crippen LogP contribution in [0.25, 0.3) is 21.5 Å². The molecule has 1 aliphatic heterocycles. The minimum absolute atomic E-state index is 1.21. The van der Waals surface area contributed by atoms with Crippen LogP contribution in [0.4, 0.5) is 0 Å². The molecule has 0 atom stereocenters. The van der Waals surface area contributed by atoms with Gasteiger partial charge in [0.15, 0.2) is 0 Å². The molecule has 2 aromatic carbocycles. The lowest BCUT2D eigenvalue weighted by Crippen LogP contribution is -2.28.